The lowest BCUT2D eigenvalue weighted by Gasteiger charge is -2.31. The number of piperidine rings is 1. The van der Waals surface area contributed by atoms with Gasteiger partial charge in [0.2, 0.25) is 5.91 Å². The topological polar surface area (TPSA) is 46.1 Å². The smallest absolute Gasteiger partial charge is 0.225 e. The summed E-state index contributed by atoms with van der Waals surface area (Å²) in [6.45, 7) is 1.75. The van der Waals surface area contributed by atoms with E-state index < -0.39 is 0 Å². The Morgan fingerprint density at radius 2 is 2.00 bits per heavy atom. The van der Waals surface area contributed by atoms with Gasteiger partial charge in [-0.1, -0.05) is 30.3 Å². The number of carbonyl (C=O) groups is 1. The van der Waals surface area contributed by atoms with Crippen LogP contribution in [0.3, 0.4) is 0 Å². The van der Waals surface area contributed by atoms with E-state index in [1.165, 1.54) is 5.56 Å². The van der Waals surface area contributed by atoms with Gasteiger partial charge in [-0.25, -0.2) is 0 Å². The molecule has 1 saturated heterocycles. The van der Waals surface area contributed by atoms with Crippen LogP contribution in [-0.2, 0) is 11.2 Å². The molecule has 0 bridgehead atoms. The molecule has 120 valence electrons. The minimum Gasteiger partial charge on any atom is -0.342 e. The molecule has 0 radical (unpaired) electrons. The van der Waals surface area contributed by atoms with Gasteiger partial charge < -0.3 is 4.90 Å². The fourth-order valence-corrected chi connectivity index (χ4v) is 4.24. The second kappa shape index (κ2) is 6.40. The Bertz CT molecular complexity index is 681. The average Bonchev–Trinajstić information content (AvgIpc) is 3.35. The number of benzene rings is 1. The van der Waals surface area contributed by atoms with E-state index in [9.17, 15) is 4.79 Å². The van der Waals surface area contributed by atoms with E-state index in [-0.39, 0.29) is 0 Å². The summed E-state index contributed by atoms with van der Waals surface area (Å²) < 4.78 is 0. The fourth-order valence-electron chi connectivity index (χ4n) is 3.24. The van der Waals surface area contributed by atoms with Gasteiger partial charge in [0.05, 0.1) is 0 Å². The summed E-state index contributed by atoms with van der Waals surface area (Å²) in [4.78, 5) is 14.3. The van der Waals surface area contributed by atoms with Crippen molar-refractivity contribution in [2.75, 3.05) is 13.1 Å². The molecule has 1 aromatic carbocycles. The van der Waals surface area contributed by atoms with Crippen LogP contribution in [0.2, 0.25) is 0 Å². The largest absolute Gasteiger partial charge is 0.342 e. The summed E-state index contributed by atoms with van der Waals surface area (Å²) in [5.74, 6) is 1.05. The van der Waals surface area contributed by atoms with Crippen molar-refractivity contribution in [2.45, 2.75) is 38.0 Å². The second-order valence-electron chi connectivity index (χ2n) is 6.59. The van der Waals surface area contributed by atoms with Crippen molar-refractivity contribution < 1.29 is 4.79 Å². The Labute approximate surface area is 140 Å². The first-order valence-electron chi connectivity index (χ1n) is 8.44. The fraction of sp³-hybridized carbons (Fsp3) is 0.500. The van der Waals surface area contributed by atoms with Gasteiger partial charge in [0.25, 0.3) is 0 Å². The number of nitrogens with zero attached hydrogens (tertiary/aromatic N) is 3. The highest BCUT2D eigenvalue weighted by Gasteiger charge is 2.36. The molecule has 0 N–H and O–H groups in total. The van der Waals surface area contributed by atoms with Crippen LogP contribution < -0.4 is 0 Å². The van der Waals surface area contributed by atoms with Crippen LogP contribution in [0.25, 0.3) is 0 Å². The molecule has 1 aliphatic heterocycles. The molecule has 2 heterocycles. The first-order chi connectivity index (χ1) is 11.3. The van der Waals surface area contributed by atoms with Crippen molar-refractivity contribution in [3.63, 3.8) is 0 Å². The molecule has 0 spiro atoms. The van der Waals surface area contributed by atoms with Crippen LogP contribution in [-0.4, -0.2) is 34.1 Å². The highest BCUT2D eigenvalue weighted by Crippen LogP contribution is 2.35. The Morgan fingerprint density at radius 3 is 2.78 bits per heavy atom. The van der Waals surface area contributed by atoms with Crippen molar-refractivity contribution in [3.8, 4) is 0 Å². The number of amides is 1. The van der Waals surface area contributed by atoms with Crippen molar-refractivity contribution in [3.05, 3.63) is 45.9 Å². The van der Waals surface area contributed by atoms with Gasteiger partial charge in [-0.2, -0.15) is 0 Å². The molecule has 1 atom stereocenters. The minimum atomic E-state index is 0.316. The van der Waals surface area contributed by atoms with Crippen molar-refractivity contribution in [1.29, 1.82) is 0 Å². The Balaban J connectivity index is 1.42. The standard InChI is InChI=1S/C18H21N3OS/c22-18(14-8-9-14)21-10-4-7-15(12-21)17-20-19-16(23-17)11-13-5-2-1-3-6-13/h1-3,5-6,14-15H,4,7-12H2. The first-order valence-corrected chi connectivity index (χ1v) is 9.26. The zero-order chi connectivity index (χ0) is 15.6. The van der Waals surface area contributed by atoms with Crippen LogP contribution in [0.5, 0.6) is 0 Å². The van der Waals surface area contributed by atoms with Crippen molar-refractivity contribution in [1.82, 2.24) is 15.1 Å². The predicted molar refractivity (Wildman–Crippen MR) is 90.4 cm³/mol. The van der Waals surface area contributed by atoms with Crippen molar-refractivity contribution >= 4 is 17.2 Å². The maximum absolute atomic E-state index is 12.3. The SMILES string of the molecule is O=C(C1CC1)N1CCCC(c2nnc(Cc3ccccc3)s2)C1. The number of carbonyl (C=O) groups excluding carboxylic acids is 1. The monoisotopic (exact) mass is 327 g/mol. The average molecular weight is 327 g/mol. The molecule has 23 heavy (non-hydrogen) atoms. The molecule has 1 aliphatic carbocycles. The third-order valence-electron chi connectivity index (χ3n) is 4.69. The third-order valence-corrected chi connectivity index (χ3v) is 5.78. The van der Waals surface area contributed by atoms with Gasteiger partial charge in [-0.3, -0.25) is 4.79 Å². The molecule has 1 amide bonds. The summed E-state index contributed by atoms with van der Waals surface area (Å²) in [7, 11) is 0. The van der Waals surface area contributed by atoms with Crippen molar-refractivity contribution in [2.24, 2.45) is 5.92 Å². The summed E-state index contributed by atoms with van der Waals surface area (Å²) in [5, 5.41) is 11.0. The quantitative estimate of drug-likeness (QED) is 0.866. The highest BCUT2D eigenvalue weighted by molar-refractivity contribution is 7.11. The molecule has 2 aromatic rings. The van der Waals surface area contributed by atoms with E-state index in [2.05, 4.69) is 39.4 Å². The normalized spacial score (nSPS) is 21.4. The lowest BCUT2D eigenvalue weighted by Crippen LogP contribution is -2.39. The van der Waals surface area contributed by atoms with Gasteiger partial charge in [-0.05, 0) is 31.2 Å². The second-order valence-corrected chi connectivity index (χ2v) is 7.69. The molecule has 2 aliphatic rings. The summed E-state index contributed by atoms with van der Waals surface area (Å²) >= 11 is 1.71. The highest BCUT2D eigenvalue weighted by atomic mass is 32.1. The summed E-state index contributed by atoms with van der Waals surface area (Å²) in [6, 6.07) is 10.4. The number of likely N-dealkylation sites (tertiary alicyclic amines) is 1. The molecular formula is C18H21N3OS. The van der Waals surface area contributed by atoms with Gasteiger partial charge >= 0.3 is 0 Å². The minimum absolute atomic E-state index is 0.316. The molecular weight excluding hydrogens is 306 g/mol. The Hall–Kier alpha value is -1.75. The van der Waals surface area contributed by atoms with E-state index in [0.29, 0.717) is 17.7 Å². The number of hydrogen-bond donors (Lipinski definition) is 0. The van der Waals surface area contributed by atoms with E-state index in [4.69, 9.17) is 0 Å². The predicted octanol–water partition coefficient (Wildman–Crippen LogP) is 3.24. The summed E-state index contributed by atoms with van der Waals surface area (Å²) in [5.41, 5.74) is 1.27. The lowest BCUT2D eigenvalue weighted by atomic mass is 9.98. The molecule has 1 unspecified atom stereocenters. The van der Waals surface area contributed by atoms with E-state index in [0.717, 1.165) is 55.2 Å². The zero-order valence-corrected chi connectivity index (χ0v) is 14.0. The molecule has 1 aromatic heterocycles. The molecule has 5 heteroatoms. The summed E-state index contributed by atoms with van der Waals surface area (Å²) in [6.07, 6.45) is 5.21. The van der Waals surface area contributed by atoms with E-state index in [1.807, 2.05) is 6.07 Å². The maximum atomic E-state index is 12.3. The third kappa shape index (κ3) is 3.44. The Morgan fingerprint density at radius 1 is 1.17 bits per heavy atom. The first kappa shape index (κ1) is 14.8. The van der Waals surface area contributed by atoms with E-state index >= 15 is 0 Å². The Kier molecular flexibility index (Phi) is 4.12. The van der Waals surface area contributed by atoms with Gasteiger partial charge in [0.15, 0.2) is 0 Å². The molecule has 4 nitrogen and oxygen atoms in total. The molecule has 1 saturated carbocycles. The van der Waals surface area contributed by atoms with Crippen LogP contribution in [0, 0.1) is 5.92 Å². The van der Waals surface area contributed by atoms with Gasteiger partial charge in [0.1, 0.15) is 10.0 Å². The number of aromatic nitrogens is 2. The van der Waals surface area contributed by atoms with E-state index in [1.54, 1.807) is 11.3 Å². The zero-order valence-electron chi connectivity index (χ0n) is 13.1. The van der Waals surface area contributed by atoms with Gasteiger partial charge in [-0.15, -0.1) is 21.5 Å². The van der Waals surface area contributed by atoms with Crippen LogP contribution in [0.15, 0.2) is 30.3 Å². The molecule has 4 rings (SSSR count). The van der Waals surface area contributed by atoms with Crippen LogP contribution in [0.1, 0.15) is 47.2 Å². The maximum Gasteiger partial charge on any atom is 0.225 e. The van der Waals surface area contributed by atoms with Crippen LogP contribution in [0.4, 0.5) is 0 Å². The molecule has 2 fully saturated rings. The van der Waals surface area contributed by atoms with Gasteiger partial charge in [0, 0.05) is 31.3 Å². The number of rotatable bonds is 4. The number of hydrogen-bond acceptors (Lipinski definition) is 4. The van der Waals surface area contributed by atoms with Crippen LogP contribution >= 0.6 is 11.3 Å². The lowest BCUT2D eigenvalue weighted by molar-refractivity contribution is -0.133.